The summed E-state index contributed by atoms with van der Waals surface area (Å²) in [4.78, 5) is 10.2. The molecule has 0 N–H and O–H groups in total. The number of para-hydroxylation sites is 1. The van der Waals surface area contributed by atoms with Crippen LogP contribution in [0.1, 0.15) is 45.4 Å². The summed E-state index contributed by atoms with van der Waals surface area (Å²) in [6, 6.07) is 21.2. The van der Waals surface area contributed by atoms with Crippen LogP contribution in [0.4, 0.5) is 0 Å². The van der Waals surface area contributed by atoms with E-state index in [2.05, 4.69) is 85.3 Å². The predicted octanol–water partition coefficient (Wildman–Crippen LogP) is 6.24. The van der Waals surface area contributed by atoms with Crippen LogP contribution in [0, 0.1) is 5.41 Å². The minimum Gasteiger partial charge on any atom is -0.298 e. The zero-order chi connectivity index (χ0) is 19.8. The van der Waals surface area contributed by atoms with Gasteiger partial charge in [-0.3, -0.25) is 9.56 Å². The molecule has 2 heterocycles. The maximum absolute atomic E-state index is 5.20. The van der Waals surface area contributed by atoms with Gasteiger partial charge in [0.15, 0.2) is 5.82 Å². The summed E-state index contributed by atoms with van der Waals surface area (Å²) in [5.41, 5.74) is 6.27. The molecule has 0 spiro atoms. The van der Waals surface area contributed by atoms with Gasteiger partial charge in [-0.05, 0) is 42.4 Å². The first-order chi connectivity index (χ1) is 14.1. The second-order valence-electron chi connectivity index (χ2n) is 8.98. The molecule has 3 heteroatoms. The van der Waals surface area contributed by atoms with Gasteiger partial charge < -0.3 is 0 Å². The molecule has 1 aliphatic heterocycles. The molecule has 0 saturated heterocycles. The Morgan fingerprint density at radius 1 is 0.966 bits per heavy atom. The second kappa shape index (κ2) is 7.14. The lowest BCUT2D eigenvalue weighted by atomic mass is 9.72. The van der Waals surface area contributed by atoms with Crippen LogP contribution in [0.25, 0.3) is 16.9 Å². The van der Waals surface area contributed by atoms with Gasteiger partial charge in [-0.1, -0.05) is 68.5 Å². The minimum absolute atomic E-state index is 0.327. The van der Waals surface area contributed by atoms with E-state index in [1.54, 1.807) is 0 Å². The number of hydrogen-bond acceptors (Lipinski definition) is 2. The lowest BCUT2D eigenvalue weighted by molar-refractivity contribution is 0.273. The summed E-state index contributed by atoms with van der Waals surface area (Å²) in [7, 11) is 0. The normalized spacial score (nSPS) is 20.6. The second-order valence-corrected chi connectivity index (χ2v) is 8.98. The highest BCUT2D eigenvalue weighted by Gasteiger charge is 2.32. The van der Waals surface area contributed by atoms with Crippen molar-refractivity contribution in [2.75, 3.05) is 0 Å². The predicted molar refractivity (Wildman–Crippen MR) is 120 cm³/mol. The van der Waals surface area contributed by atoms with E-state index in [1.165, 1.54) is 12.0 Å². The minimum atomic E-state index is 0.327. The molecule has 1 atom stereocenters. The third-order valence-corrected chi connectivity index (χ3v) is 6.14. The van der Waals surface area contributed by atoms with Gasteiger partial charge in [-0.2, -0.15) is 0 Å². The topological polar surface area (TPSA) is 30.2 Å². The summed E-state index contributed by atoms with van der Waals surface area (Å²) in [5, 5.41) is 0. The van der Waals surface area contributed by atoms with Crippen molar-refractivity contribution in [2.24, 2.45) is 10.4 Å². The first-order valence-electron chi connectivity index (χ1n) is 10.6. The Balaban J connectivity index is 1.56. The average Bonchev–Trinajstić information content (AvgIpc) is 3.20. The monoisotopic (exact) mass is 381 g/mol. The molecule has 1 aromatic heterocycles. The van der Waals surface area contributed by atoms with E-state index in [9.17, 15) is 0 Å². The maximum atomic E-state index is 5.20. The molecule has 2 aliphatic rings. The van der Waals surface area contributed by atoms with E-state index < -0.39 is 0 Å². The molecule has 3 aromatic rings. The van der Waals surface area contributed by atoms with Crippen molar-refractivity contribution in [1.29, 1.82) is 0 Å². The summed E-state index contributed by atoms with van der Waals surface area (Å²) in [6.45, 7) is 4.75. The van der Waals surface area contributed by atoms with Crippen LogP contribution >= 0.6 is 0 Å². The van der Waals surface area contributed by atoms with Crippen LogP contribution in [0.5, 0.6) is 0 Å². The van der Waals surface area contributed by atoms with Crippen molar-refractivity contribution in [3.05, 3.63) is 84.3 Å². The fourth-order valence-corrected chi connectivity index (χ4v) is 4.56. The fraction of sp³-hybridized carbons (Fsp3) is 0.308. The molecule has 1 fully saturated rings. The smallest absolute Gasteiger partial charge is 0.159 e. The van der Waals surface area contributed by atoms with Gasteiger partial charge in [0, 0.05) is 23.9 Å². The highest BCUT2D eigenvalue weighted by molar-refractivity contribution is 6.00. The van der Waals surface area contributed by atoms with Crippen molar-refractivity contribution in [3.63, 3.8) is 0 Å². The number of hydrogen-bond donors (Lipinski definition) is 0. The van der Waals surface area contributed by atoms with Gasteiger partial charge >= 0.3 is 0 Å². The maximum Gasteiger partial charge on any atom is 0.159 e. The molecule has 1 aliphatic carbocycles. The van der Waals surface area contributed by atoms with Gasteiger partial charge in [0.2, 0.25) is 0 Å². The molecule has 146 valence electrons. The molecule has 0 radical (unpaired) electrons. The van der Waals surface area contributed by atoms with E-state index in [4.69, 9.17) is 9.98 Å². The molecular formula is C26H27N3. The molecule has 29 heavy (non-hydrogen) atoms. The Morgan fingerprint density at radius 2 is 1.69 bits per heavy atom. The van der Waals surface area contributed by atoms with Gasteiger partial charge in [0.05, 0.1) is 17.4 Å². The van der Waals surface area contributed by atoms with Gasteiger partial charge in [-0.25, -0.2) is 4.98 Å². The number of fused-ring (bicyclic) bond motifs is 1. The van der Waals surface area contributed by atoms with Crippen LogP contribution in [0.15, 0.2) is 83.5 Å². The zero-order valence-corrected chi connectivity index (χ0v) is 17.2. The standard InChI is InChI=1S/C26H27N3/c1-26(2)16-15-22-20(17-26)13-14-23(27-22)25-28-24(19-9-5-3-6-10-19)18-29(25)21-11-7-4-8-12-21/h3-13,18,22H,14-17H2,1-2H3. The van der Waals surface area contributed by atoms with E-state index in [0.717, 1.165) is 47.7 Å². The fourth-order valence-electron chi connectivity index (χ4n) is 4.56. The van der Waals surface area contributed by atoms with Gasteiger partial charge in [0.25, 0.3) is 0 Å². The number of aliphatic imine (C=N–C) groups is 1. The Kier molecular flexibility index (Phi) is 4.46. The van der Waals surface area contributed by atoms with E-state index in [0.29, 0.717) is 11.5 Å². The molecule has 1 saturated carbocycles. The van der Waals surface area contributed by atoms with Gasteiger partial charge in [0.1, 0.15) is 0 Å². The number of nitrogens with zero attached hydrogens (tertiary/aromatic N) is 3. The van der Waals surface area contributed by atoms with Crippen LogP contribution in [0.2, 0.25) is 0 Å². The number of rotatable bonds is 3. The molecule has 0 bridgehead atoms. The number of imidazole rings is 1. The molecule has 5 rings (SSSR count). The van der Waals surface area contributed by atoms with Crippen molar-refractivity contribution < 1.29 is 0 Å². The lowest BCUT2D eigenvalue weighted by Crippen LogP contribution is -2.29. The third kappa shape index (κ3) is 3.57. The van der Waals surface area contributed by atoms with Crippen molar-refractivity contribution >= 4 is 5.71 Å². The summed E-state index contributed by atoms with van der Waals surface area (Å²) >= 11 is 0. The summed E-state index contributed by atoms with van der Waals surface area (Å²) in [5.74, 6) is 0.968. The van der Waals surface area contributed by atoms with Crippen LogP contribution in [0.3, 0.4) is 0 Å². The Labute approximate surface area is 172 Å². The SMILES string of the molecule is CC1(C)CCC2N=C(c3nc(-c4ccccc4)cn3-c3ccccc3)CC=C2C1. The molecule has 3 nitrogen and oxygen atoms in total. The number of dihydropyridines is 1. The van der Waals surface area contributed by atoms with E-state index >= 15 is 0 Å². The number of allylic oxidation sites excluding steroid dienone is 1. The molecule has 1 unspecified atom stereocenters. The van der Waals surface area contributed by atoms with Crippen LogP contribution in [-0.2, 0) is 0 Å². The highest BCUT2D eigenvalue weighted by atomic mass is 15.1. The average molecular weight is 382 g/mol. The largest absolute Gasteiger partial charge is 0.298 e. The number of aromatic nitrogens is 2. The van der Waals surface area contributed by atoms with E-state index in [1.807, 2.05) is 6.07 Å². The third-order valence-electron chi connectivity index (χ3n) is 6.14. The van der Waals surface area contributed by atoms with Crippen molar-refractivity contribution in [1.82, 2.24) is 9.55 Å². The summed E-state index contributed by atoms with van der Waals surface area (Å²) < 4.78 is 2.20. The van der Waals surface area contributed by atoms with Gasteiger partial charge in [-0.15, -0.1) is 0 Å². The Bertz CT molecular complexity index is 1070. The molecular weight excluding hydrogens is 354 g/mol. The first kappa shape index (κ1) is 18.1. The molecule has 2 aromatic carbocycles. The quantitative estimate of drug-likeness (QED) is 0.494. The number of benzene rings is 2. The Morgan fingerprint density at radius 3 is 2.45 bits per heavy atom. The highest BCUT2D eigenvalue weighted by Crippen LogP contribution is 2.41. The zero-order valence-electron chi connectivity index (χ0n) is 17.2. The van der Waals surface area contributed by atoms with Crippen molar-refractivity contribution in [3.8, 4) is 16.9 Å². The Hall–Kier alpha value is -2.94. The van der Waals surface area contributed by atoms with E-state index in [-0.39, 0.29) is 0 Å². The lowest BCUT2D eigenvalue weighted by Gasteiger charge is -2.36. The first-order valence-corrected chi connectivity index (χ1v) is 10.6. The van der Waals surface area contributed by atoms with Crippen LogP contribution < -0.4 is 0 Å². The van der Waals surface area contributed by atoms with Crippen LogP contribution in [-0.4, -0.2) is 21.3 Å². The van der Waals surface area contributed by atoms with Crippen molar-refractivity contribution in [2.45, 2.75) is 45.6 Å². The summed E-state index contributed by atoms with van der Waals surface area (Å²) in [6.07, 6.45) is 8.96. The molecule has 0 amide bonds.